The normalized spacial score (nSPS) is 15.3. The molecule has 1 atom stereocenters. The summed E-state index contributed by atoms with van der Waals surface area (Å²) in [6, 6.07) is 26.6. The summed E-state index contributed by atoms with van der Waals surface area (Å²) in [6.45, 7) is 3.52. The number of aromatic nitrogens is 4. The molecule has 3 heterocycles. The third-order valence-electron chi connectivity index (χ3n) is 6.70. The third kappa shape index (κ3) is 4.44. The van der Waals surface area contributed by atoms with Gasteiger partial charge in [0.1, 0.15) is 12.1 Å². The molecule has 0 N–H and O–H groups in total. The van der Waals surface area contributed by atoms with Crippen LogP contribution in [0, 0.1) is 0 Å². The van der Waals surface area contributed by atoms with Crippen LogP contribution in [0.2, 0.25) is 10.0 Å². The minimum absolute atomic E-state index is 0.170. The third-order valence-corrected chi connectivity index (χ3v) is 7.20. The number of piperazine rings is 1. The van der Waals surface area contributed by atoms with Crippen LogP contribution in [0.5, 0.6) is 0 Å². The SMILES string of the molecule is Clc1ccc(C(c2ccccc2)N2CCN(c3ncnc4c3cnn4-c3ccc(Cl)cc3)CC2)cc1. The number of anilines is 1. The molecule has 6 rings (SSSR count). The van der Waals surface area contributed by atoms with E-state index >= 15 is 0 Å². The van der Waals surface area contributed by atoms with Crippen LogP contribution >= 0.6 is 23.2 Å². The molecule has 6 nitrogen and oxygen atoms in total. The Bertz CT molecular complexity index is 1460. The molecule has 0 spiro atoms. The quantitative estimate of drug-likeness (QED) is 0.286. The van der Waals surface area contributed by atoms with Crippen molar-refractivity contribution in [1.29, 1.82) is 0 Å². The lowest BCUT2D eigenvalue weighted by Gasteiger charge is -2.40. The van der Waals surface area contributed by atoms with Gasteiger partial charge in [-0.05, 0) is 47.5 Å². The van der Waals surface area contributed by atoms with Crippen LogP contribution in [0.25, 0.3) is 16.7 Å². The summed E-state index contributed by atoms with van der Waals surface area (Å²) in [7, 11) is 0. The highest BCUT2D eigenvalue weighted by Crippen LogP contribution is 2.32. The smallest absolute Gasteiger partial charge is 0.168 e. The molecule has 8 heteroatoms. The molecular formula is C28H24Cl2N6. The van der Waals surface area contributed by atoms with E-state index in [4.69, 9.17) is 23.2 Å². The van der Waals surface area contributed by atoms with Crippen molar-refractivity contribution in [3.63, 3.8) is 0 Å². The second-order valence-electron chi connectivity index (χ2n) is 8.86. The molecule has 0 bridgehead atoms. The van der Waals surface area contributed by atoms with Gasteiger partial charge in [0, 0.05) is 36.2 Å². The summed E-state index contributed by atoms with van der Waals surface area (Å²) >= 11 is 12.3. The van der Waals surface area contributed by atoms with Crippen LogP contribution < -0.4 is 4.90 Å². The molecule has 1 saturated heterocycles. The number of hydrogen-bond acceptors (Lipinski definition) is 5. The second-order valence-corrected chi connectivity index (χ2v) is 9.73. The molecule has 0 amide bonds. The topological polar surface area (TPSA) is 50.1 Å². The first kappa shape index (κ1) is 23.0. The van der Waals surface area contributed by atoms with Crippen LogP contribution in [0.4, 0.5) is 5.82 Å². The van der Waals surface area contributed by atoms with Gasteiger partial charge in [-0.25, -0.2) is 14.6 Å². The van der Waals surface area contributed by atoms with Gasteiger partial charge in [-0.1, -0.05) is 65.7 Å². The lowest BCUT2D eigenvalue weighted by atomic mass is 9.96. The van der Waals surface area contributed by atoms with Gasteiger partial charge in [-0.15, -0.1) is 0 Å². The van der Waals surface area contributed by atoms with E-state index in [-0.39, 0.29) is 6.04 Å². The minimum atomic E-state index is 0.170. The largest absolute Gasteiger partial charge is 0.353 e. The van der Waals surface area contributed by atoms with Crippen LogP contribution in [0.1, 0.15) is 17.2 Å². The molecule has 5 aromatic rings. The van der Waals surface area contributed by atoms with Crippen molar-refractivity contribution in [2.24, 2.45) is 0 Å². The first-order valence-corrected chi connectivity index (χ1v) is 12.7. The fourth-order valence-electron chi connectivity index (χ4n) is 4.94. The molecule has 1 fully saturated rings. The van der Waals surface area contributed by atoms with Gasteiger partial charge in [0.15, 0.2) is 5.65 Å². The van der Waals surface area contributed by atoms with E-state index in [1.807, 2.05) is 47.3 Å². The van der Waals surface area contributed by atoms with Crippen molar-refractivity contribution in [2.45, 2.75) is 6.04 Å². The molecule has 1 aliphatic rings. The van der Waals surface area contributed by atoms with E-state index in [0.717, 1.165) is 53.7 Å². The van der Waals surface area contributed by atoms with Crippen molar-refractivity contribution >= 4 is 40.1 Å². The maximum absolute atomic E-state index is 6.19. The highest BCUT2D eigenvalue weighted by molar-refractivity contribution is 6.30. The Kier molecular flexibility index (Phi) is 6.32. The first-order chi connectivity index (χ1) is 17.7. The average molecular weight is 515 g/mol. The molecule has 0 saturated carbocycles. The number of rotatable bonds is 5. The van der Waals surface area contributed by atoms with Crippen molar-refractivity contribution in [3.8, 4) is 5.69 Å². The highest BCUT2D eigenvalue weighted by atomic mass is 35.5. The van der Waals surface area contributed by atoms with Crippen LogP contribution in [-0.4, -0.2) is 50.8 Å². The molecular weight excluding hydrogens is 491 g/mol. The van der Waals surface area contributed by atoms with Gasteiger partial charge in [0.2, 0.25) is 0 Å². The van der Waals surface area contributed by atoms with Crippen molar-refractivity contribution in [2.75, 3.05) is 31.1 Å². The molecule has 1 unspecified atom stereocenters. The molecule has 0 radical (unpaired) electrons. The summed E-state index contributed by atoms with van der Waals surface area (Å²) in [5, 5.41) is 6.99. The van der Waals surface area contributed by atoms with E-state index < -0.39 is 0 Å². The average Bonchev–Trinajstić information content (AvgIpc) is 3.36. The minimum Gasteiger partial charge on any atom is -0.353 e. The lowest BCUT2D eigenvalue weighted by Crippen LogP contribution is -2.48. The Morgan fingerprint density at radius 2 is 1.33 bits per heavy atom. The zero-order valence-electron chi connectivity index (χ0n) is 19.5. The fraction of sp³-hybridized carbons (Fsp3) is 0.179. The van der Waals surface area contributed by atoms with Gasteiger partial charge >= 0.3 is 0 Å². The summed E-state index contributed by atoms with van der Waals surface area (Å²) in [6.07, 6.45) is 3.48. The van der Waals surface area contributed by atoms with Crippen molar-refractivity contribution < 1.29 is 0 Å². The predicted molar refractivity (Wildman–Crippen MR) is 145 cm³/mol. The molecule has 180 valence electrons. The molecule has 1 aliphatic heterocycles. The monoisotopic (exact) mass is 514 g/mol. The van der Waals surface area contributed by atoms with E-state index in [1.54, 1.807) is 6.33 Å². The molecule has 2 aromatic heterocycles. The van der Waals surface area contributed by atoms with Gasteiger partial charge in [-0.2, -0.15) is 5.10 Å². The van der Waals surface area contributed by atoms with Crippen LogP contribution in [-0.2, 0) is 0 Å². The van der Waals surface area contributed by atoms with E-state index in [1.165, 1.54) is 11.1 Å². The Hall–Kier alpha value is -3.45. The van der Waals surface area contributed by atoms with Crippen molar-refractivity contribution in [3.05, 3.63) is 113 Å². The first-order valence-electron chi connectivity index (χ1n) is 11.9. The Labute approximate surface area is 219 Å². The summed E-state index contributed by atoms with van der Waals surface area (Å²) in [5.74, 6) is 0.919. The Morgan fingerprint density at radius 3 is 2.03 bits per heavy atom. The second kappa shape index (κ2) is 9.90. The Balaban J connectivity index is 1.26. The Morgan fingerprint density at radius 1 is 0.694 bits per heavy atom. The number of benzene rings is 3. The maximum Gasteiger partial charge on any atom is 0.168 e. The van der Waals surface area contributed by atoms with Gasteiger partial charge < -0.3 is 4.90 Å². The van der Waals surface area contributed by atoms with Crippen LogP contribution in [0.15, 0.2) is 91.4 Å². The summed E-state index contributed by atoms with van der Waals surface area (Å²) in [5.41, 5.74) is 4.22. The number of hydrogen-bond donors (Lipinski definition) is 0. The van der Waals surface area contributed by atoms with Crippen LogP contribution in [0.3, 0.4) is 0 Å². The van der Waals surface area contributed by atoms with Gasteiger partial charge in [-0.3, -0.25) is 4.90 Å². The summed E-state index contributed by atoms with van der Waals surface area (Å²) < 4.78 is 1.83. The number of halogens is 2. The summed E-state index contributed by atoms with van der Waals surface area (Å²) in [4.78, 5) is 14.1. The number of fused-ring (bicyclic) bond motifs is 1. The highest BCUT2D eigenvalue weighted by Gasteiger charge is 2.28. The van der Waals surface area contributed by atoms with E-state index in [2.05, 4.69) is 67.3 Å². The standard InChI is InChI=1S/C28H24Cl2N6/c29-22-8-6-21(7-9-22)26(20-4-2-1-3-5-20)34-14-16-35(17-15-34)27-25-18-33-36(28(25)32-19-31-27)24-12-10-23(30)11-13-24/h1-13,18-19,26H,14-17H2. The van der Waals surface area contributed by atoms with E-state index in [0.29, 0.717) is 5.02 Å². The zero-order chi connectivity index (χ0) is 24.5. The number of nitrogens with zero attached hydrogens (tertiary/aromatic N) is 6. The fourth-order valence-corrected chi connectivity index (χ4v) is 5.19. The zero-order valence-corrected chi connectivity index (χ0v) is 21.0. The predicted octanol–water partition coefficient (Wildman–Crippen LogP) is 6.03. The molecule has 3 aromatic carbocycles. The molecule has 36 heavy (non-hydrogen) atoms. The van der Waals surface area contributed by atoms with E-state index in [9.17, 15) is 0 Å². The molecule has 0 aliphatic carbocycles. The van der Waals surface area contributed by atoms with Crippen molar-refractivity contribution in [1.82, 2.24) is 24.6 Å². The lowest BCUT2D eigenvalue weighted by molar-refractivity contribution is 0.212. The van der Waals surface area contributed by atoms with Gasteiger partial charge in [0.05, 0.1) is 23.3 Å². The van der Waals surface area contributed by atoms with Gasteiger partial charge in [0.25, 0.3) is 0 Å². The maximum atomic E-state index is 6.19.